The largest absolute Gasteiger partial charge is 0.346 e. The second kappa shape index (κ2) is 6.08. The maximum Gasteiger partial charge on any atom is 0.261 e. The molecular formula is C18H19Cl2FN2OS. The summed E-state index contributed by atoms with van der Waals surface area (Å²) >= 11 is 7.32. The minimum Gasteiger partial charge on any atom is -0.346 e. The maximum absolute atomic E-state index is 13.6. The van der Waals surface area contributed by atoms with Gasteiger partial charge in [-0.25, -0.2) is 4.39 Å². The van der Waals surface area contributed by atoms with Crippen LogP contribution in [0.4, 0.5) is 4.39 Å². The zero-order valence-corrected chi connectivity index (χ0v) is 15.9. The van der Waals surface area contributed by atoms with Crippen LogP contribution in [0.2, 0.25) is 5.02 Å². The summed E-state index contributed by atoms with van der Waals surface area (Å²) in [6.45, 7) is 2.35. The first kappa shape index (κ1) is 17.5. The number of nitrogens with zero attached hydrogens (tertiary/aromatic N) is 1. The number of carbonyl (C=O) groups is 1. The van der Waals surface area contributed by atoms with Crippen LogP contribution in [0.5, 0.6) is 0 Å². The van der Waals surface area contributed by atoms with Crippen molar-refractivity contribution in [1.82, 2.24) is 10.2 Å². The fourth-order valence-corrected chi connectivity index (χ4v) is 5.97. The van der Waals surface area contributed by atoms with Gasteiger partial charge in [-0.15, -0.1) is 23.7 Å². The SMILES string of the molecule is Cl.O=C(N[C@@H]1C2CCN(CC2)C12CC2)c1cc2ccc(F)c(Cl)c2s1. The highest BCUT2D eigenvalue weighted by molar-refractivity contribution is 7.21. The Labute approximate surface area is 160 Å². The number of nitrogens with one attached hydrogen (secondary N) is 1. The lowest BCUT2D eigenvalue weighted by molar-refractivity contribution is -0.00138. The molecule has 4 heterocycles. The molecule has 1 aliphatic carbocycles. The number of benzene rings is 1. The molecule has 1 amide bonds. The molecule has 2 aromatic rings. The van der Waals surface area contributed by atoms with Crippen molar-refractivity contribution in [3.8, 4) is 0 Å². The fourth-order valence-electron chi connectivity index (χ4n) is 4.69. The summed E-state index contributed by atoms with van der Waals surface area (Å²) < 4.78 is 14.3. The van der Waals surface area contributed by atoms with Crippen LogP contribution in [0.1, 0.15) is 35.4 Å². The first-order valence-corrected chi connectivity index (χ1v) is 9.71. The highest BCUT2D eigenvalue weighted by Crippen LogP contribution is 2.53. The van der Waals surface area contributed by atoms with Gasteiger partial charge in [0.2, 0.25) is 0 Å². The molecule has 0 radical (unpaired) electrons. The van der Waals surface area contributed by atoms with Crippen molar-refractivity contribution >= 4 is 51.3 Å². The van der Waals surface area contributed by atoms with E-state index in [1.54, 1.807) is 6.07 Å². The number of fused-ring (bicyclic) bond motifs is 3. The normalized spacial score (nSPS) is 28.8. The molecule has 1 atom stereocenters. The number of rotatable bonds is 2. The van der Waals surface area contributed by atoms with Crippen LogP contribution < -0.4 is 5.32 Å². The third-order valence-electron chi connectivity index (χ3n) is 6.07. The van der Waals surface area contributed by atoms with Crippen LogP contribution in [-0.2, 0) is 0 Å². The molecule has 1 N–H and O–H groups in total. The summed E-state index contributed by atoms with van der Waals surface area (Å²) in [6.07, 6.45) is 4.74. The van der Waals surface area contributed by atoms with Crippen molar-refractivity contribution < 1.29 is 9.18 Å². The Balaban J connectivity index is 0.00000157. The molecule has 1 saturated carbocycles. The fraction of sp³-hybridized carbons (Fsp3) is 0.500. The average Bonchev–Trinajstić information content (AvgIpc) is 3.24. The quantitative estimate of drug-likeness (QED) is 0.805. The van der Waals surface area contributed by atoms with Gasteiger partial charge < -0.3 is 5.32 Å². The Morgan fingerprint density at radius 3 is 2.72 bits per heavy atom. The number of hydrogen-bond donors (Lipinski definition) is 1. The highest BCUT2D eigenvalue weighted by atomic mass is 35.5. The smallest absolute Gasteiger partial charge is 0.261 e. The molecule has 1 aromatic carbocycles. The van der Waals surface area contributed by atoms with Crippen LogP contribution in [0.25, 0.3) is 10.1 Å². The molecular weight excluding hydrogens is 382 g/mol. The summed E-state index contributed by atoms with van der Waals surface area (Å²) in [7, 11) is 0. The van der Waals surface area contributed by atoms with Gasteiger partial charge in [-0.2, -0.15) is 0 Å². The van der Waals surface area contributed by atoms with E-state index in [-0.39, 0.29) is 34.9 Å². The Morgan fingerprint density at radius 2 is 2.04 bits per heavy atom. The maximum atomic E-state index is 13.6. The molecule has 1 spiro atoms. The first-order chi connectivity index (χ1) is 11.6. The molecule has 3 aliphatic heterocycles. The predicted molar refractivity (Wildman–Crippen MR) is 102 cm³/mol. The van der Waals surface area contributed by atoms with Gasteiger partial charge in [0.1, 0.15) is 5.82 Å². The molecule has 3 nitrogen and oxygen atoms in total. The molecule has 25 heavy (non-hydrogen) atoms. The van der Waals surface area contributed by atoms with Gasteiger partial charge in [0.25, 0.3) is 5.91 Å². The summed E-state index contributed by atoms with van der Waals surface area (Å²) in [5.74, 6) is 0.113. The zero-order chi connectivity index (χ0) is 16.5. The first-order valence-electron chi connectivity index (χ1n) is 8.52. The van der Waals surface area contributed by atoms with Crippen LogP contribution in [0.15, 0.2) is 18.2 Å². The number of carbonyl (C=O) groups excluding carboxylic acids is 1. The van der Waals surface area contributed by atoms with E-state index in [4.69, 9.17) is 11.6 Å². The van der Waals surface area contributed by atoms with Crippen LogP contribution in [-0.4, -0.2) is 35.5 Å². The van der Waals surface area contributed by atoms with E-state index in [1.807, 2.05) is 6.07 Å². The second-order valence-corrected chi connectivity index (χ2v) is 8.70. The van der Waals surface area contributed by atoms with Crippen molar-refractivity contribution in [3.05, 3.63) is 33.9 Å². The molecule has 134 valence electrons. The Bertz CT molecular complexity index is 843. The summed E-state index contributed by atoms with van der Waals surface area (Å²) in [4.78, 5) is 16.0. The van der Waals surface area contributed by atoms with E-state index in [0.29, 0.717) is 15.5 Å². The summed E-state index contributed by atoms with van der Waals surface area (Å²) in [5, 5.41) is 4.24. The second-order valence-electron chi connectivity index (χ2n) is 7.27. The van der Waals surface area contributed by atoms with Gasteiger partial charge in [-0.3, -0.25) is 9.69 Å². The lowest BCUT2D eigenvalue weighted by Crippen LogP contribution is -2.65. The van der Waals surface area contributed by atoms with E-state index in [9.17, 15) is 9.18 Å². The average molecular weight is 401 g/mol. The number of piperidine rings is 3. The molecule has 3 saturated heterocycles. The molecule has 7 heteroatoms. The van der Waals surface area contributed by atoms with E-state index in [1.165, 1.54) is 56.2 Å². The van der Waals surface area contributed by atoms with Gasteiger partial charge in [0.05, 0.1) is 20.6 Å². The minimum atomic E-state index is -0.438. The minimum absolute atomic E-state index is 0. The van der Waals surface area contributed by atoms with Crippen molar-refractivity contribution in [1.29, 1.82) is 0 Å². The van der Waals surface area contributed by atoms with Crippen LogP contribution >= 0.6 is 35.3 Å². The Kier molecular flexibility index (Phi) is 4.27. The van der Waals surface area contributed by atoms with Crippen molar-refractivity contribution in [2.24, 2.45) is 5.92 Å². The van der Waals surface area contributed by atoms with Gasteiger partial charge >= 0.3 is 0 Å². The van der Waals surface area contributed by atoms with E-state index in [2.05, 4.69) is 10.2 Å². The molecule has 0 unspecified atom stereocenters. The number of amides is 1. The Hall–Kier alpha value is -0.880. The molecule has 2 bridgehead atoms. The monoisotopic (exact) mass is 400 g/mol. The molecule has 1 aromatic heterocycles. The third kappa shape index (κ3) is 2.59. The van der Waals surface area contributed by atoms with E-state index >= 15 is 0 Å². The van der Waals surface area contributed by atoms with Crippen LogP contribution in [0.3, 0.4) is 0 Å². The van der Waals surface area contributed by atoms with Crippen molar-refractivity contribution in [2.45, 2.75) is 37.3 Å². The molecule has 6 rings (SSSR count). The van der Waals surface area contributed by atoms with Crippen LogP contribution in [0, 0.1) is 11.7 Å². The number of halogens is 3. The topological polar surface area (TPSA) is 32.3 Å². The zero-order valence-electron chi connectivity index (χ0n) is 13.6. The highest BCUT2D eigenvalue weighted by Gasteiger charge is 2.60. The number of hydrogen-bond acceptors (Lipinski definition) is 3. The van der Waals surface area contributed by atoms with Gasteiger partial charge in [0.15, 0.2) is 0 Å². The molecule has 4 aliphatic rings. The predicted octanol–water partition coefficient (Wildman–Crippen LogP) is 4.47. The van der Waals surface area contributed by atoms with E-state index < -0.39 is 5.82 Å². The van der Waals surface area contributed by atoms with E-state index in [0.717, 1.165) is 5.39 Å². The Morgan fingerprint density at radius 1 is 1.32 bits per heavy atom. The third-order valence-corrected chi connectivity index (χ3v) is 7.72. The summed E-state index contributed by atoms with van der Waals surface area (Å²) in [5.41, 5.74) is 0.220. The summed E-state index contributed by atoms with van der Waals surface area (Å²) in [6, 6.07) is 5.11. The standard InChI is InChI=1S/C18H18ClFN2OS.ClH/c19-14-12(20)2-1-11-9-13(24-15(11)14)17(23)21-16-10-3-7-22(8-4-10)18(16)5-6-18;/h1-2,9-10,16H,3-8H2,(H,21,23);1H/t16-;/m1./s1. The molecule has 4 fully saturated rings. The lowest BCUT2D eigenvalue weighted by Gasteiger charge is -2.52. The van der Waals surface area contributed by atoms with Gasteiger partial charge in [-0.05, 0) is 62.2 Å². The van der Waals surface area contributed by atoms with Crippen molar-refractivity contribution in [2.75, 3.05) is 13.1 Å². The lowest BCUT2D eigenvalue weighted by atomic mass is 9.77. The van der Waals surface area contributed by atoms with Gasteiger partial charge in [0, 0.05) is 5.54 Å². The van der Waals surface area contributed by atoms with Gasteiger partial charge in [-0.1, -0.05) is 17.7 Å². The number of thiophene rings is 1. The van der Waals surface area contributed by atoms with Crippen molar-refractivity contribution in [3.63, 3.8) is 0 Å².